The van der Waals surface area contributed by atoms with E-state index in [1.165, 1.54) is 6.92 Å². The van der Waals surface area contributed by atoms with Gasteiger partial charge in [0, 0.05) is 26.6 Å². The first-order valence-electron chi connectivity index (χ1n) is 8.92. The lowest BCUT2D eigenvalue weighted by molar-refractivity contribution is -0.142. The van der Waals surface area contributed by atoms with Crippen molar-refractivity contribution in [3.8, 4) is 5.75 Å². The highest BCUT2D eigenvalue weighted by molar-refractivity contribution is 5.73. The summed E-state index contributed by atoms with van der Waals surface area (Å²) in [4.78, 5) is 24.2. The lowest BCUT2D eigenvalue weighted by atomic mass is 10.1. The van der Waals surface area contributed by atoms with Crippen molar-refractivity contribution in [2.75, 3.05) is 13.1 Å². The summed E-state index contributed by atoms with van der Waals surface area (Å²) in [5, 5.41) is 12.0. The van der Waals surface area contributed by atoms with E-state index < -0.39 is 12.0 Å². The molecule has 2 aromatic carbocycles. The van der Waals surface area contributed by atoms with E-state index in [-0.39, 0.29) is 5.91 Å². The maximum Gasteiger partial charge on any atom is 0.320 e. The molecule has 1 amide bonds. The van der Waals surface area contributed by atoms with Gasteiger partial charge in [0.1, 0.15) is 18.4 Å². The molecule has 6 nitrogen and oxygen atoms in total. The number of nitrogens with one attached hydrogen (secondary N) is 1. The second-order valence-electron chi connectivity index (χ2n) is 6.39. The van der Waals surface area contributed by atoms with Crippen molar-refractivity contribution in [2.24, 2.45) is 0 Å². The van der Waals surface area contributed by atoms with E-state index in [2.05, 4.69) is 5.32 Å². The molecule has 0 heterocycles. The SMILES string of the molecule is CC(=O)NCCN(Cc1ccc(OCc2ccccc2)cc1)C(C)C(=O)O. The maximum absolute atomic E-state index is 11.4. The van der Waals surface area contributed by atoms with Crippen LogP contribution in [0.3, 0.4) is 0 Å². The number of hydrogen-bond donors (Lipinski definition) is 2. The van der Waals surface area contributed by atoms with Crippen molar-refractivity contribution in [3.05, 3.63) is 65.7 Å². The molecule has 0 aliphatic carbocycles. The van der Waals surface area contributed by atoms with Crippen molar-refractivity contribution >= 4 is 11.9 Å². The average Bonchev–Trinajstić information content (AvgIpc) is 2.66. The number of hydrogen-bond acceptors (Lipinski definition) is 4. The van der Waals surface area contributed by atoms with Crippen molar-refractivity contribution in [3.63, 3.8) is 0 Å². The highest BCUT2D eigenvalue weighted by atomic mass is 16.5. The zero-order valence-electron chi connectivity index (χ0n) is 15.7. The Labute approximate surface area is 159 Å². The second kappa shape index (κ2) is 10.3. The number of rotatable bonds is 10. The molecule has 0 fully saturated rings. The first-order chi connectivity index (χ1) is 13.0. The van der Waals surface area contributed by atoms with Crippen molar-refractivity contribution in [1.29, 1.82) is 0 Å². The Balaban J connectivity index is 1.93. The molecular formula is C21H26N2O4. The summed E-state index contributed by atoms with van der Waals surface area (Å²) in [5.41, 5.74) is 2.08. The van der Waals surface area contributed by atoms with Gasteiger partial charge in [-0.05, 0) is 30.2 Å². The van der Waals surface area contributed by atoms with Gasteiger partial charge >= 0.3 is 5.97 Å². The topological polar surface area (TPSA) is 78.9 Å². The zero-order valence-corrected chi connectivity index (χ0v) is 15.7. The molecule has 1 unspecified atom stereocenters. The minimum absolute atomic E-state index is 0.127. The first kappa shape index (κ1) is 20.5. The summed E-state index contributed by atoms with van der Waals surface area (Å²) in [5.74, 6) is -0.253. The lowest BCUT2D eigenvalue weighted by Gasteiger charge is -2.26. The Bertz CT molecular complexity index is 732. The van der Waals surface area contributed by atoms with Crippen molar-refractivity contribution < 1.29 is 19.4 Å². The van der Waals surface area contributed by atoms with Crippen LogP contribution >= 0.6 is 0 Å². The van der Waals surface area contributed by atoms with E-state index in [4.69, 9.17) is 4.74 Å². The third-order valence-electron chi connectivity index (χ3n) is 4.24. The van der Waals surface area contributed by atoms with Crippen LogP contribution in [0.5, 0.6) is 5.75 Å². The van der Waals surface area contributed by atoms with Gasteiger partial charge in [0.15, 0.2) is 0 Å². The van der Waals surface area contributed by atoms with Gasteiger partial charge in [-0.15, -0.1) is 0 Å². The summed E-state index contributed by atoms with van der Waals surface area (Å²) < 4.78 is 5.77. The molecule has 0 aliphatic rings. The third kappa shape index (κ3) is 7.11. The molecule has 6 heteroatoms. The predicted octanol–water partition coefficient (Wildman–Crippen LogP) is 2.68. The Morgan fingerprint density at radius 1 is 1.07 bits per heavy atom. The Hall–Kier alpha value is -2.86. The molecule has 2 N–H and O–H groups in total. The molecule has 27 heavy (non-hydrogen) atoms. The summed E-state index contributed by atoms with van der Waals surface area (Å²) in [6.45, 7) is 4.93. The van der Waals surface area contributed by atoms with Crippen LogP contribution in [0.1, 0.15) is 25.0 Å². The monoisotopic (exact) mass is 370 g/mol. The standard InChI is InChI=1S/C21H26N2O4/c1-16(21(25)26)23(13-12-22-17(2)24)14-18-8-10-20(11-9-18)27-15-19-6-4-3-5-7-19/h3-11,16H,12-15H2,1-2H3,(H,22,24)(H,25,26). The second-order valence-corrected chi connectivity index (χ2v) is 6.39. The third-order valence-corrected chi connectivity index (χ3v) is 4.24. The van der Waals surface area contributed by atoms with E-state index in [1.54, 1.807) is 6.92 Å². The van der Waals surface area contributed by atoms with Gasteiger partial charge in [0.25, 0.3) is 0 Å². The largest absolute Gasteiger partial charge is 0.489 e. The molecule has 0 aliphatic heterocycles. The number of carbonyl (C=O) groups is 2. The molecule has 0 saturated heterocycles. The Morgan fingerprint density at radius 2 is 1.74 bits per heavy atom. The van der Waals surface area contributed by atoms with Gasteiger partial charge in [-0.1, -0.05) is 42.5 Å². The van der Waals surface area contributed by atoms with Crippen LogP contribution in [0.15, 0.2) is 54.6 Å². The van der Waals surface area contributed by atoms with E-state index in [0.29, 0.717) is 26.2 Å². The van der Waals surface area contributed by atoms with Gasteiger partial charge in [-0.3, -0.25) is 14.5 Å². The highest BCUT2D eigenvalue weighted by Crippen LogP contribution is 2.16. The fourth-order valence-electron chi connectivity index (χ4n) is 2.61. The molecule has 1 atom stereocenters. The fraction of sp³-hybridized carbons (Fsp3) is 0.333. The van der Waals surface area contributed by atoms with E-state index >= 15 is 0 Å². The number of benzene rings is 2. The number of nitrogens with zero attached hydrogens (tertiary/aromatic N) is 1. The number of aliphatic carboxylic acids is 1. The predicted molar refractivity (Wildman–Crippen MR) is 103 cm³/mol. The Morgan fingerprint density at radius 3 is 2.33 bits per heavy atom. The van der Waals surface area contributed by atoms with Gasteiger partial charge in [0.05, 0.1) is 0 Å². The number of carboxylic acids is 1. The van der Waals surface area contributed by atoms with Crippen LogP contribution in [-0.2, 0) is 22.7 Å². The molecule has 0 saturated carbocycles. The fourth-order valence-corrected chi connectivity index (χ4v) is 2.61. The molecule has 0 bridgehead atoms. The quantitative estimate of drug-likeness (QED) is 0.672. The molecule has 0 spiro atoms. The minimum atomic E-state index is -0.888. The summed E-state index contributed by atoms with van der Waals surface area (Å²) in [6.07, 6.45) is 0. The zero-order chi connectivity index (χ0) is 19.6. The van der Waals surface area contributed by atoms with Crippen LogP contribution < -0.4 is 10.1 Å². The smallest absolute Gasteiger partial charge is 0.320 e. The number of carboxylic acid groups (broad SMARTS) is 1. The Kier molecular flexibility index (Phi) is 7.82. The van der Waals surface area contributed by atoms with Gasteiger partial charge < -0.3 is 15.2 Å². The lowest BCUT2D eigenvalue weighted by Crippen LogP contribution is -2.42. The van der Waals surface area contributed by atoms with Crippen LogP contribution in [0.4, 0.5) is 0 Å². The van der Waals surface area contributed by atoms with Gasteiger partial charge in [-0.25, -0.2) is 0 Å². The summed E-state index contributed by atoms with van der Waals surface area (Å²) in [7, 11) is 0. The molecule has 144 valence electrons. The first-order valence-corrected chi connectivity index (χ1v) is 8.92. The van der Waals surface area contributed by atoms with Crippen LogP contribution in [0, 0.1) is 0 Å². The molecule has 2 aromatic rings. The molecular weight excluding hydrogens is 344 g/mol. The van der Waals surface area contributed by atoms with Gasteiger partial charge in [-0.2, -0.15) is 0 Å². The average molecular weight is 370 g/mol. The van der Waals surface area contributed by atoms with E-state index in [1.807, 2.05) is 59.5 Å². The van der Waals surface area contributed by atoms with E-state index in [0.717, 1.165) is 16.9 Å². The molecule has 2 rings (SSSR count). The van der Waals surface area contributed by atoms with Crippen molar-refractivity contribution in [1.82, 2.24) is 10.2 Å². The minimum Gasteiger partial charge on any atom is -0.489 e. The number of ether oxygens (including phenoxy) is 1. The van der Waals surface area contributed by atoms with Crippen LogP contribution in [0.25, 0.3) is 0 Å². The number of amides is 1. The van der Waals surface area contributed by atoms with Crippen LogP contribution in [0.2, 0.25) is 0 Å². The van der Waals surface area contributed by atoms with Gasteiger partial charge in [0.2, 0.25) is 5.91 Å². The molecule has 0 aromatic heterocycles. The van der Waals surface area contributed by atoms with Crippen LogP contribution in [-0.4, -0.2) is 41.0 Å². The van der Waals surface area contributed by atoms with Crippen molar-refractivity contribution in [2.45, 2.75) is 33.0 Å². The number of carbonyl (C=O) groups excluding carboxylic acids is 1. The summed E-state index contributed by atoms with van der Waals surface area (Å²) >= 11 is 0. The molecule has 0 radical (unpaired) electrons. The maximum atomic E-state index is 11.4. The highest BCUT2D eigenvalue weighted by Gasteiger charge is 2.20. The normalized spacial score (nSPS) is 11.8. The van der Waals surface area contributed by atoms with E-state index in [9.17, 15) is 14.7 Å². The summed E-state index contributed by atoms with van der Waals surface area (Å²) in [6, 6.07) is 16.9.